The van der Waals surface area contributed by atoms with Crippen molar-refractivity contribution in [1.29, 1.82) is 0 Å². The highest BCUT2D eigenvalue weighted by molar-refractivity contribution is 6.13. The highest BCUT2D eigenvalue weighted by Crippen LogP contribution is 2.44. The molecule has 2 fully saturated rings. The normalized spacial score (nSPS) is 29.0. The van der Waals surface area contributed by atoms with Crippen LogP contribution in [0.15, 0.2) is 0 Å². The number of amides is 4. The third kappa shape index (κ3) is 2.08. The molecule has 6 heteroatoms. The van der Waals surface area contributed by atoms with Crippen LogP contribution in [0.2, 0.25) is 0 Å². The number of carbonyl (C=O) groups is 4. The molecule has 2 heterocycles. The Morgan fingerprint density at radius 3 is 2.10 bits per heavy atom. The summed E-state index contributed by atoms with van der Waals surface area (Å²) < 4.78 is 0. The second kappa shape index (κ2) is 5.24. The lowest BCUT2D eigenvalue weighted by Crippen LogP contribution is -2.64. The van der Waals surface area contributed by atoms with E-state index in [0.717, 1.165) is 4.90 Å². The Hall–Kier alpha value is -1.72. The van der Waals surface area contributed by atoms with Gasteiger partial charge in [0.2, 0.25) is 17.7 Å². The van der Waals surface area contributed by atoms with Gasteiger partial charge in [0, 0.05) is 12.8 Å². The maximum absolute atomic E-state index is 12.8. The number of rotatable bonds is 4. The van der Waals surface area contributed by atoms with E-state index in [-0.39, 0.29) is 37.0 Å². The molecule has 6 nitrogen and oxygen atoms in total. The van der Waals surface area contributed by atoms with Crippen LogP contribution >= 0.6 is 0 Å². The van der Waals surface area contributed by atoms with Gasteiger partial charge in [-0.1, -0.05) is 20.8 Å². The third-order valence-corrected chi connectivity index (χ3v) is 5.20. The molecule has 2 saturated heterocycles. The van der Waals surface area contributed by atoms with Crippen molar-refractivity contribution in [3.63, 3.8) is 0 Å². The molecule has 116 valence electrons. The first-order valence-corrected chi connectivity index (χ1v) is 7.58. The average Bonchev–Trinajstić information content (AvgIpc) is 2.72. The number of hydrogen-bond donors (Lipinski definition) is 1. The summed E-state index contributed by atoms with van der Waals surface area (Å²) in [6.07, 6.45) is 2.00. The Balaban J connectivity index is 2.44. The van der Waals surface area contributed by atoms with E-state index >= 15 is 0 Å². The van der Waals surface area contributed by atoms with Crippen LogP contribution in [0.25, 0.3) is 0 Å². The minimum Gasteiger partial charge on any atom is -0.294 e. The van der Waals surface area contributed by atoms with Gasteiger partial charge >= 0.3 is 0 Å². The third-order valence-electron chi connectivity index (χ3n) is 5.20. The molecule has 0 aliphatic carbocycles. The van der Waals surface area contributed by atoms with Crippen molar-refractivity contribution < 1.29 is 19.2 Å². The van der Waals surface area contributed by atoms with E-state index < -0.39 is 16.9 Å². The lowest BCUT2D eigenvalue weighted by Gasteiger charge is -2.41. The van der Waals surface area contributed by atoms with Gasteiger partial charge in [-0.05, 0) is 25.7 Å². The molecule has 0 saturated carbocycles. The summed E-state index contributed by atoms with van der Waals surface area (Å²) in [7, 11) is 0. The van der Waals surface area contributed by atoms with E-state index in [0.29, 0.717) is 19.3 Å². The van der Waals surface area contributed by atoms with Crippen molar-refractivity contribution in [2.75, 3.05) is 0 Å². The molecule has 1 atom stereocenters. The standard InChI is InChI=1S/C15H22N2O4/c1-4-14(5-2)9-11(19)17(13(14)21)15(6-3)8-7-10(18)16-12(15)20/h4-9H2,1-3H3,(H,16,18,20). The molecule has 0 aromatic heterocycles. The lowest BCUT2D eigenvalue weighted by molar-refractivity contribution is -0.160. The largest absolute Gasteiger partial charge is 0.294 e. The lowest BCUT2D eigenvalue weighted by atomic mass is 9.80. The Morgan fingerprint density at radius 1 is 1.05 bits per heavy atom. The quantitative estimate of drug-likeness (QED) is 0.788. The van der Waals surface area contributed by atoms with Gasteiger partial charge in [0.1, 0.15) is 5.54 Å². The molecule has 2 rings (SSSR count). The number of likely N-dealkylation sites (tertiary alicyclic amines) is 1. The Morgan fingerprint density at radius 2 is 1.67 bits per heavy atom. The van der Waals surface area contributed by atoms with Crippen LogP contribution in [0.5, 0.6) is 0 Å². The Labute approximate surface area is 124 Å². The zero-order chi connectivity index (χ0) is 15.8. The van der Waals surface area contributed by atoms with E-state index in [1.807, 2.05) is 13.8 Å². The second-order valence-corrected chi connectivity index (χ2v) is 5.96. The minimum atomic E-state index is -1.20. The predicted octanol–water partition coefficient (Wildman–Crippen LogP) is 1.14. The fourth-order valence-corrected chi connectivity index (χ4v) is 3.48. The number of nitrogens with zero attached hydrogens (tertiary/aromatic N) is 1. The monoisotopic (exact) mass is 294 g/mol. The van der Waals surface area contributed by atoms with Crippen LogP contribution in [0.1, 0.15) is 59.3 Å². The summed E-state index contributed by atoms with van der Waals surface area (Å²) in [6, 6.07) is 0. The molecule has 2 aliphatic heterocycles. The molecule has 0 aromatic carbocycles. The highest BCUT2D eigenvalue weighted by Gasteiger charge is 2.59. The molecular formula is C15H22N2O4. The van der Waals surface area contributed by atoms with Gasteiger partial charge in [0.15, 0.2) is 0 Å². The number of nitrogens with one attached hydrogen (secondary N) is 1. The number of piperidine rings is 1. The van der Waals surface area contributed by atoms with Crippen LogP contribution in [-0.4, -0.2) is 34.1 Å². The first-order valence-electron chi connectivity index (χ1n) is 7.58. The van der Waals surface area contributed by atoms with E-state index in [2.05, 4.69) is 5.32 Å². The molecule has 1 unspecified atom stereocenters. The maximum Gasteiger partial charge on any atom is 0.253 e. The van der Waals surface area contributed by atoms with Gasteiger partial charge in [-0.15, -0.1) is 0 Å². The molecule has 0 aromatic rings. The van der Waals surface area contributed by atoms with E-state index in [4.69, 9.17) is 0 Å². The molecule has 2 aliphatic rings. The van der Waals surface area contributed by atoms with Crippen molar-refractivity contribution in [2.24, 2.45) is 5.41 Å². The van der Waals surface area contributed by atoms with Gasteiger partial charge in [-0.2, -0.15) is 0 Å². The van der Waals surface area contributed by atoms with E-state index in [1.54, 1.807) is 6.92 Å². The summed E-state index contributed by atoms with van der Waals surface area (Å²) >= 11 is 0. The molecule has 0 spiro atoms. The van der Waals surface area contributed by atoms with Gasteiger partial charge < -0.3 is 0 Å². The number of carbonyl (C=O) groups excluding carboxylic acids is 4. The van der Waals surface area contributed by atoms with Crippen molar-refractivity contribution >= 4 is 23.6 Å². The molecular weight excluding hydrogens is 272 g/mol. The fraction of sp³-hybridized carbons (Fsp3) is 0.733. The Kier molecular flexibility index (Phi) is 3.91. The van der Waals surface area contributed by atoms with Gasteiger partial charge in [-0.25, -0.2) is 0 Å². The SMILES string of the molecule is CCC1(CC)CC(=O)N(C2(CC)CCC(=O)NC2=O)C1=O. The number of imide groups is 2. The first kappa shape index (κ1) is 15.7. The minimum absolute atomic E-state index is 0.155. The summed E-state index contributed by atoms with van der Waals surface area (Å²) in [6.45, 7) is 5.55. The average molecular weight is 294 g/mol. The zero-order valence-electron chi connectivity index (χ0n) is 12.8. The van der Waals surface area contributed by atoms with Crippen LogP contribution in [0, 0.1) is 5.41 Å². The second-order valence-electron chi connectivity index (χ2n) is 5.96. The van der Waals surface area contributed by atoms with Crippen molar-refractivity contribution in [3.05, 3.63) is 0 Å². The molecule has 0 bridgehead atoms. The van der Waals surface area contributed by atoms with Crippen LogP contribution < -0.4 is 5.32 Å². The predicted molar refractivity (Wildman–Crippen MR) is 74.9 cm³/mol. The van der Waals surface area contributed by atoms with Gasteiger partial charge in [-0.3, -0.25) is 29.4 Å². The van der Waals surface area contributed by atoms with E-state index in [1.165, 1.54) is 0 Å². The van der Waals surface area contributed by atoms with E-state index in [9.17, 15) is 19.2 Å². The summed E-state index contributed by atoms with van der Waals surface area (Å²) in [5.41, 5.74) is -1.89. The molecule has 4 amide bonds. The van der Waals surface area contributed by atoms with Gasteiger partial charge in [0.05, 0.1) is 5.41 Å². The van der Waals surface area contributed by atoms with Crippen molar-refractivity contribution in [1.82, 2.24) is 10.2 Å². The van der Waals surface area contributed by atoms with Crippen LogP contribution in [0.4, 0.5) is 0 Å². The first-order chi connectivity index (χ1) is 9.86. The van der Waals surface area contributed by atoms with Crippen LogP contribution in [-0.2, 0) is 19.2 Å². The smallest absolute Gasteiger partial charge is 0.253 e. The zero-order valence-corrected chi connectivity index (χ0v) is 12.8. The molecule has 21 heavy (non-hydrogen) atoms. The summed E-state index contributed by atoms with van der Waals surface area (Å²) in [4.78, 5) is 50.2. The van der Waals surface area contributed by atoms with Gasteiger partial charge in [0.25, 0.3) is 5.91 Å². The highest BCUT2D eigenvalue weighted by atomic mass is 16.2. The molecule has 0 radical (unpaired) electrons. The maximum atomic E-state index is 12.8. The Bertz CT molecular complexity index is 510. The summed E-state index contributed by atoms with van der Waals surface area (Å²) in [5.74, 6) is -1.43. The van der Waals surface area contributed by atoms with Crippen molar-refractivity contribution in [2.45, 2.75) is 64.8 Å². The number of hydrogen-bond acceptors (Lipinski definition) is 4. The van der Waals surface area contributed by atoms with Crippen LogP contribution in [0.3, 0.4) is 0 Å². The summed E-state index contributed by atoms with van der Waals surface area (Å²) in [5, 5.41) is 2.28. The molecule has 1 N–H and O–H groups in total. The fourth-order valence-electron chi connectivity index (χ4n) is 3.48. The topological polar surface area (TPSA) is 83.6 Å². The van der Waals surface area contributed by atoms with Crippen molar-refractivity contribution in [3.8, 4) is 0 Å².